The topological polar surface area (TPSA) is 46.2 Å². The highest BCUT2D eigenvalue weighted by molar-refractivity contribution is 5.07. The predicted octanol–water partition coefficient (Wildman–Crippen LogP) is 3.37. The van der Waals surface area contributed by atoms with Crippen molar-refractivity contribution in [2.45, 2.75) is 89.2 Å². The van der Waals surface area contributed by atoms with Crippen LogP contribution in [0, 0.1) is 5.41 Å². The summed E-state index contributed by atoms with van der Waals surface area (Å²) in [6, 6.07) is 0. The summed E-state index contributed by atoms with van der Waals surface area (Å²) >= 11 is 0. The van der Waals surface area contributed by atoms with Crippen LogP contribution in [0.1, 0.15) is 78.1 Å². The van der Waals surface area contributed by atoms with E-state index >= 15 is 0 Å². The molecule has 0 aromatic carbocycles. The van der Waals surface area contributed by atoms with Crippen molar-refractivity contribution in [3.05, 3.63) is 0 Å². The van der Waals surface area contributed by atoms with E-state index in [1.165, 1.54) is 32.1 Å². The van der Waals surface area contributed by atoms with Crippen LogP contribution in [0.3, 0.4) is 0 Å². The van der Waals surface area contributed by atoms with Gasteiger partial charge in [0.15, 0.2) is 0 Å². The lowest BCUT2D eigenvalue weighted by atomic mass is 9.61. The van der Waals surface area contributed by atoms with E-state index in [0.29, 0.717) is 0 Å². The minimum atomic E-state index is -0.612. The lowest BCUT2D eigenvalue weighted by Crippen LogP contribution is -2.62. The quantitative estimate of drug-likeness (QED) is 0.689. The molecule has 2 fully saturated rings. The summed E-state index contributed by atoms with van der Waals surface area (Å²) in [6.07, 6.45) is 11.1. The maximum Gasteiger partial charge on any atom is 0.0831 e. The van der Waals surface area contributed by atoms with Gasteiger partial charge in [0.1, 0.15) is 0 Å². The van der Waals surface area contributed by atoms with Crippen LogP contribution >= 0.6 is 0 Å². The molecule has 2 aliphatic carbocycles. The summed E-state index contributed by atoms with van der Waals surface area (Å²) in [5.74, 6) is 0. The van der Waals surface area contributed by atoms with Crippen LogP contribution in [-0.2, 0) is 0 Å². The Morgan fingerprint density at radius 1 is 0.824 bits per heavy atom. The Morgan fingerprint density at radius 3 is 1.94 bits per heavy atom. The van der Waals surface area contributed by atoms with E-state index in [0.717, 1.165) is 32.1 Å². The first-order chi connectivity index (χ1) is 7.87. The number of hydrogen-bond acceptors (Lipinski definition) is 2. The average Bonchev–Trinajstić information content (AvgIpc) is 2.42. The minimum absolute atomic E-state index is 0.256. The van der Waals surface area contributed by atoms with Gasteiger partial charge < -0.3 is 10.8 Å². The lowest BCUT2D eigenvalue weighted by Gasteiger charge is -2.51. The Hall–Kier alpha value is -0.0800. The Bertz CT molecular complexity index is 266. The molecule has 100 valence electrons. The standard InChI is InChI=1S/C15H29NO/c1-13(2)8-7-11-15(17,12-13)14(16)9-5-3-4-6-10-14/h17H,3-12,16H2,1-2H3. The van der Waals surface area contributed by atoms with Crippen molar-refractivity contribution in [3.8, 4) is 0 Å². The third kappa shape index (κ3) is 2.68. The minimum Gasteiger partial charge on any atom is -0.388 e. The largest absolute Gasteiger partial charge is 0.388 e. The van der Waals surface area contributed by atoms with Crippen LogP contribution in [0.15, 0.2) is 0 Å². The first-order valence-electron chi connectivity index (χ1n) is 7.38. The van der Waals surface area contributed by atoms with Crippen LogP contribution in [0.5, 0.6) is 0 Å². The molecule has 0 radical (unpaired) electrons. The van der Waals surface area contributed by atoms with E-state index in [1.807, 2.05) is 0 Å². The smallest absolute Gasteiger partial charge is 0.0831 e. The van der Waals surface area contributed by atoms with Crippen molar-refractivity contribution in [1.29, 1.82) is 0 Å². The van der Waals surface area contributed by atoms with Gasteiger partial charge in [-0.15, -0.1) is 0 Å². The fraction of sp³-hybridized carbons (Fsp3) is 1.00. The molecule has 0 heterocycles. The zero-order chi connectivity index (χ0) is 12.6. The van der Waals surface area contributed by atoms with Crippen LogP contribution < -0.4 is 5.73 Å². The molecule has 2 saturated carbocycles. The molecule has 2 heteroatoms. The van der Waals surface area contributed by atoms with Crippen LogP contribution in [-0.4, -0.2) is 16.2 Å². The summed E-state index contributed by atoms with van der Waals surface area (Å²) < 4.78 is 0. The second-order valence-electron chi connectivity index (χ2n) is 7.30. The Balaban J connectivity index is 2.17. The molecule has 0 spiro atoms. The van der Waals surface area contributed by atoms with Crippen molar-refractivity contribution >= 4 is 0 Å². The number of nitrogens with two attached hydrogens (primary N) is 1. The average molecular weight is 239 g/mol. The third-order valence-corrected chi connectivity index (χ3v) is 5.14. The van der Waals surface area contributed by atoms with Crippen molar-refractivity contribution in [1.82, 2.24) is 0 Å². The van der Waals surface area contributed by atoms with Crippen molar-refractivity contribution in [3.63, 3.8) is 0 Å². The molecular formula is C15H29NO. The Labute approximate surface area is 106 Å². The van der Waals surface area contributed by atoms with Gasteiger partial charge in [0.25, 0.3) is 0 Å². The van der Waals surface area contributed by atoms with E-state index < -0.39 is 5.60 Å². The SMILES string of the molecule is CC1(C)CCCC(O)(C2(N)CCCCCC2)C1. The van der Waals surface area contributed by atoms with Gasteiger partial charge in [-0.3, -0.25) is 0 Å². The molecule has 1 atom stereocenters. The summed E-state index contributed by atoms with van der Waals surface area (Å²) in [7, 11) is 0. The highest BCUT2D eigenvalue weighted by Gasteiger charge is 2.51. The number of rotatable bonds is 1. The van der Waals surface area contributed by atoms with E-state index in [9.17, 15) is 5.11 Å². The van der Waals surface area contributed by atoms with Gasteiger partial charge in [0, 0.05) is 5.54 Å². The summed E-state index contributed by atoms with van der Waals surface area (Å²) in [4.78, 5) is 0. The molecule has 2 rings (SSSR count). The molecular weight excluding hydrogens is 210 g/mol. The van der Waals surface area contributed by atoms with Crippen LogP contribution in [0.4, 0.5) is 0 Å². The summed E-state index contributed by atoms with van der Waals surface area (Å²) in [6.45, 7) is 4.55. The molecule has 0 aromatic rings. The number of hydrogen-bond donors (Lipinski definition) is 2. The van der Waals surface area contributed by atoms with E-state index in [2.05, 4.69) is 13.8 Å². The molecule has 1 unspecified atom stereocenters. The van der Waals surface area contributed by atoms with Gasteiger partial charge in [-0.1, -0.05) is 39.5 Å². The first kappa shape index (κ1) is 13.4. The molecule has 17 heavy (non-hydrogen) atoms. The van der Waals surface area contributed by atoms with Crippen LogP contribution in [0.25, 0.3) is 0 Å². The molecule has 2 aliphatic rings. The fourth-order valence-electron chi connectivity index (χ4n) is 4.08. The molecule has 0 saturated heterocycles. The van der Waals surface area contributed by atoms with E-state index in [4.69, 9.17) is 5.73 Å². The molecule has 0 bridgehead atoms. The predicted molar refractivity (Wildman–Crippen MR) is 71.8 cm³/mol. The maximum atomic E-state index is 11.1. The molecule has 0 aromatic heterocycles. The van der Waals surface area contributed by atoms with Crippen molar-refractivity contribution in [2.24, 2.45) is 11.1 Å². The monoisotopic (exact) mass is 239 g/mol. The zero-order valence-corrected chi connectivity index (χ0v) is 11.6. The Kier molecular flexibility index (Phi) is 3.57. The molecule has 0 amide bonds. The van der Waals surface area contributed by atoms with Crippen molar-refractivity contribution < 1.29 is 5.11 Å². The third-order valence-electron chi connectivity index (χ3n) is 5.14. The highest BCUT2D eigenvalue weighted by atomic mass is 16.3. The van der Waals surface area contributed by atoms with Gasteiger partial charge in [0.05, 0.1) is 5.60 Å². The summed E-state index contributed by atoms with van der Waals surface area (Å²) in [5.41, 5.74) is 5.96. The fourth-order valence-corrected chi connectivity index (χ4v) is 4.08. The maximum absolute atomic E-state index is 11.1. The normalized spacial score (nSPS) is 37.4. The van der Waals surface area contributed by atoms with Gasteiger partial charge in [0.2, 0.25) is 0 Å². The van der Waals surface area contributed by atoms with Gasteiger partial charge >= 0.3 is 0 Å². The van der Waals surface area contributed by atoms with E-state index in [1.54, 1.807) is 0 Å². The van der Waals surface area contributed by atoms with Gasteiger partial charge in [-0.05, 0) is 43.9 Å². The van der Waals surface area contributed by atoms with Crippen LogP contribution in [0.2, 0.25) is 0 Å². The Morgan fingerprint density at radius 2 is 1.41 bits per heavy atom. The second kappa shape index (κ2) is 4.55. The lowest BCUT2D eigenvalue weighted by molar-refractivity contribution is -0.101. The summed E-state index contributed by atoms with van der Waals surface area (Å²) in [5, 5.41) is 11.1. The first-order valence-corrected chi connectivity index (χ1v) is 7.38. The van der Waals surface area contributed by atoms with Gasteiger partial charge in [-0.25, -0.2) is 0 Å². The highest BCUT2D eigenvalue weighted by Crippen LogP contribution is 2.48. The molecule has 3 N–H and O–H groups in total. The second-order valence-corrected chi connectivity index (χ2v) is 7.30. The molecule has 2 nitrogen and oxygen atoms in total. The van der Waals surface area contributed by atoms with Gasteiger partial charge in [-0.2, -0.15) is 0 Å². The zero-order valence-electron chi connectivity index (χ0n) is 11.6. The van der Waals surface area contributed by atoms with Crippen molar-refractivity contribution in [2.75, 3.05) is 0 Å². The number of aliphatic hydroxyl groups is 1. The molecule has 0 aliphatic heterocycles. The van der Waals surface area contributed by atoms with E-state index in [-0.39, 0.29) is 11.0 Å².